The van der Waals surface area contributed by atoms with Crippen LogP contribution in [-0.2, 0) is 4.79 Å². The molecule has 0 aliphatic carbocycles. The van der Waals surface area contributed by atoms with Crippen LogP contribution in [0.3, 0.4) is 0 Å². The van der Waals surface area contributed by atoms with Crippen LogP contribution in [0.15, 0.2) is 22.7 Å². The molecule has 0 bridgehead atoms. The van der Waals surface area contributed by atoms with Crippen LogP contribution in [0.2, 0.25) is 0 Å². The molecular weight excluding hydrogens is 249 g/mol. The third-order valence-corrected chi connectivity index (χ3v) is 2.79. The highest BCUT2D eigenvalue weighted by Gasteiger charge is 2.23. The molecule has 1 unspecified atom stereocenters. The Morgan fingerprint density at radius 2 is 2.21 bits per heavy atom. The van der Waals surface area contributed by atoms with Crippen LogP contribution in [0.1, 0.15) is 17.9 Å². The molecule has 74 valence electrons. The van der Waals surface area contributed by atoms with Crippen LogP contribution in [0, 0.1) is 5.82 Å². The van der Waals surface area contributed by atoms with Crippen molar-refractivity contribution in [1.82, 2.24) is 5.32 Å². The number of amides is 1. The molecule has 4 heteroatoms. The number of carbonyl (C=O) groups excluding carboxylic acids is 1. The molecule has 1 aromatic rings. The Bertz CT molecular complexity index is 360. The standard InChI is InChI=1S/C10H9BrFNO/c11-8-1-6(2-9(12)4-8)7-3-10(14)13-5-7/h1-2,4,7H,3,5H2,(H,13,14). The summed E-state index contributed by atoms with van der Waals surface area (Å²) in [6.07, 6.45) is 0.454. The van der Waals surface area contributed by atoms with Gasteiger partial charge in [-0.2, -0.15) is 0 Å². The summed E-state index contributed by atoms with van der Waals surface area (Å²) in [5.41, 5.74) is 0.871. The molecule has 2 rings (SSSR count). The Hall–Kier alpha value is -0.900. The predicted octanol–water partition coefficient (Wildman–Crippen LogP) is 2.19. The Morgan fingerprint density at radius 1 is 1.43 bits per heavy atom. The molecular formula is C10H9BrFNO. The van der Waals surface area contributed by atoms with E-state index in [-0.39, 0.29) is 17.6 Å². The molecule has 2 nitrogen and oxygen atoms in total. The normalized spacial score (nSPS) is 21.0. The first-order chi connectivity index (χ1) is 6.65. The first-order valence-corrected chi connectivity index (χ1v) is 5.17. The maximum atomic E-state index is 13.0. The van der Waals surface area contributed by atoms with E-state index in [1.807, 2.05) is 6.07 Å². The summed E-state index contributed by atoms with van der Waals surface area (Å²) in [5.74, 6) is -0.126. The minimum atomic E-state index is -0.270. The number of nitrogens with one attached hydrogen (secondary N) is 1. The van der Waals surface area contributed by atoms with Crippen LogP contribution in [-0.4, -0.2) is 12.5 Å². The first kappa shape index (κ1) is 9.65. The van der Waals surface area contributed by atoms with Crippen molar-refractivity contribution >= 4 is 21.8 Å². The van der Waals surface area contributed by atoms with Crippen LogP contribution in [0.25, 0.3) is 0 Å². The summed E-state index contributed by atoms with van der Waals surface area (Å²) in [4.78, 5) is 11.0. The molecule has 1 heterocycles. The van der Waals surface area contributed by atoms with Gasteiger partial charge in [-0.05, 0) is 23.8 Å². The van der Waals surface area contributed by atoms with Crippen LogP contribution in [0.5, 0.6) is 0 Å². The second kappa shape index (κ2) is 3.69. The highest BCUT2D eigenvalue weighted by Crippen LogP contribution is 2.26. The third-order valence-electron chi connectivity index (χ3n) is 2.33. The van der Waals surface area contributed by atoms with E-state index in [1.165, 1.54) is 12.1 Å². The lowest BCUT2D eigenvalue weighted by atomic mass is 9.98. The third kappa shape index (κ3) is 1.95. The number of hydrogen-bond donors (Lipinski definition) is 1. The van der Waals surface area contributed by atoms with Gasteiger partial charge >= 0.3 is 0 Å². The molecule has 0 radical (unpaired) electrons. The topological polar surface area (TPSA) is 29.1 Å². The smallest absolute Gasteiger partial charge is 0.220 e. The number of rotatable bonds is 1. The fraction of sp³-hybridized carbons (Fsp3) is 0.300. The summed E-state index contributed by atoms with van der Waals surface area (Å²) >= 11 is 3.23. The molecule has 1 fully saturated rings. The van der Waals surface area contributed by atoms with Gasteiger partial charge in [0.2, 0.25) is 5.91 Å². The van der Waals surface area contributed by atoms with Crippen LogP contribution < -0.4 is 5.32 Å². The summed E-state index contributed by atoms with van der Waals surface area (Å²) in [5, 5.41) is 2.73. The van der Waals surface area contributed by atoms with E-state index < -0.39 is 0 Å². The molecule has 1 N–H and O–H groups in total. The summed E-state index contributed by atoms with van der Waals surface area (Å²) < 4.78 is 13.8. The average Bonchev–Trinajstić information content (AvgIpc) is 2.50. The van der Waals surface area contributed by atoms with Crippen molar-refractivity contribution in [3.63, 3.8) is 0 Å². The number of benzene rings is 1. The molecule has 1 aliphatic heterocycles. The largest absolute Gasteiger partial charge is 0.355 e. The molecule has 0 spiro atoms. The van der Waals surface area contributed by atoms with E-state index in [4.69, 9.17) is 0 Å². The van der Waals surface area contributed by atoms with Gasteiger partial charge in [-0.15, -0.1) is 0 Å². The lowest BCUT2D eigenvalue weighted by molar-refractivity contribution is -0.119. The fourth-order valence-corrected chi connectivity index (χ4v) is 2.13. The van der Waals surface area contributed by atoms with E-state index >= 15 is 0 Å². The molecule has 1 amide bonds. The van der Waals surface area contributed by atoms with Gasteiger partial charge in [0.05, 0.1) is 0 Å². The lowest BCUT2D eigenvalue weighted by Crippen LogP contribution is -2.13. The number of carbonyl (C=O) groups is 1. The number of hydrogen-bond acceptors (Lipinski definition) is 1. The zero-order valence-corrected chi connectivity index (χ0v) is 8.97. The number of halogens is 2. The molecule has 1 aromatic carbocycles. The van der Waals surface area contributed by atoms with Crippen molar-refractivity contribution in [3.8, 4) is 0 Å². The monoisotopic (exact) mass is 257 g/mol. The summed E-state index contributed by atoms with van der Waals surface area (Å²) in [6.45, 7) is 0.606. The van der Waals surface area contributed by atoms with Gasteiger partial charge < -0.3 is 5.32 Å². The van der Waals surface area contributed by atoms with Gasteiger partial charge in [-0.1, -0.05) is 15.9 Å². The average molecular weight is 258 g/mol. The first-order valence-electron chi connectivity index (χ1n) is 4.38. The lowest BCUT2D eigenvalue weighted by Gasteiger charge is -2.07. The minimum Gasteiger partial charge on any atom is -0.355 e. The van der Waals surface area contributed by atoms with Gasteiger partial charge in [0.1, 0.15) is 5.82 Å². The Labute approximate surface area is 89.6 Å². The zero-order valence-electron chi connectivity index (χ0n) is 7.39. The minimum absolute atomic E-state index is 0.0374. The predicted molar refractivity (Wildman–Crippen MR) is 54.5 cm³/mol. The van der Waals surface area contributed by atoms with Crippen molar-refractivity contribution < 1.29 is 9.18 Å². The van der Waals surface area contributed by atoms with Crippen molar-refractivity contribution in [1.29, 1.82) is 0 Å². The van der Waals surface area contributed by atoms with Gasteiger partial charge in [-0.3, -0.25) is 4.79 Å². The zero-order chi connectivity index (χ0) is 10.1. The second-order valence-corrected chi connectivity index (χ2v) is 4.32. The van der Waals surface area contributed by atoms with E-state index in [1.54, 1.807) is 0 Å². The van der Waals surface area contributed by atoms with E-state index in [2.05, 4.69) is 21.2 Å². The van der Waals surface area contributed by atoms with Crippen molar-refractivity contribution in [2.75, 3.05) is 6.54 Å². The van der Waals surface area contributed by atoms with Gasteiger partial charge in [0, 0.05) is 23.4 Å². The molecule has 1 saturated heterocycles. The van der Waals surface area contributed by atoms with Crippen LogP contribution in [0.4, 0.5) is 4.39 Å². The van der Waals surface area contributed by atoms with Crippen molar-refractivity contribution in [2.24, 2.45) is 0 Å². The van der Waals surface area contributed by atoms with Gasteiger partial charge in [0.15, 0.2) is 0 Å². The molecule has 1 aliphatic rings. The van der Waals surface area contributed by atoms with E-state index in [0.717, 1.165) is 5.56 Å². The Kier molecular flexibility index (Phi) is 2.54. The van der Waals surface area contributed by atoms with E-state index in [9.17, 15) is 9.18 Å². The molecule has 1 atom stereocenters. The van der Waals surface area contributed by atoms with E-state index in [0.29, 0.717) is 17.4 Å². The van der Waals surface area contributed by atoms with Gasteiger partial charge in [0.25, 0.3) is 0 Å². The molecule has 0 saturated carbocycles. The SMILES string of the molecule is O=C1CC(c2cc(F)cc(Br)c2)CN1. The maximum Gasteiger partial charge on any atom is 0.220 e. The Balaban J connectivity index is 2.27. The second-order valence-electron chi connectivity index (χ2n) is 3.41. The fourth-order valence-electron chi connectivity index (χ4n) is 1.65. The summed E-state index contributed by atoms with van der Waals surface area (Å²) in [7, 11) is 0. The highest BCUT2D eigenvalue weighted by molar-refractivity contribution is 9.10. The highest BCUT2D eigenvalue weighted by atomic mass is 79.9. The van der Waals surface area contributed by atoms with Crippen molar-refractivity contribution in [2.45, 2.75) is 12.3 Å². The molecule has 14 heavy (non-hydrogen) atoms. The quantitative estimate of drug-likeness (QED) is 0.821. The Morgan fingerprint density at radius 3 is 2.79 bits per heavy atom. The van der Waals surface area contributed by atoms with Crippen LogP contribution >= 0.6 is 15.9 Å². The van der Waals surface area contributed by atoms with Gasteiger partial charge in [-0.25, -0.2) is 4.39 Å². The van der Waals surface area contributed by atoms with Crippen molar-refractivity contribution in [3.05, 3.63) is 34.1 Å². The molecule has 0 aromatic heterocycles. The maximum absolute atomic E-state index is 13.0. The summed E-state index contributed by atoms with van der Waals surface area (Å²) in [6, 6.07) is 4.75.